The highest BCUT2D eigenvalue weighted by molar-refractivity contribution is 4.93. The lowest BCUT2D eigenvalue weighted by Gasteiger charge is -2.42. The van der Waals surface area contributed by atoms with E-state index in [2.05, 4.69) is 79.6 Å². The Morgan fingerprint density at radius 2 is 1.00 bits per heavy atom. The van der Waals surface area contributed by atoms with Crippen molar-refractivity contribution in [3.05, 3.63) is 48.6 Å². The summed E-state index contributed by atoms with van der Waals surface area (Å²) in [4.78, 5) is 4.80. The van der Waals surface area contributed by atoms with Gasteiger partial charge in [-0.3, -0.25) is 0 Å². The van der Waals surface area contributed by atoms with Gasteiger partial charge in [-0.15, -0.1) is 0 Å². The second-order valence-electron chi connectivity index (χ2n) is 14.9. The number of allylic oxidation sites excluding steroid dienone is 8. The molecule has 4 nitrogen and oxygen atoms in total. The molecule has 0 aliphatic carbocycles. The van der Waals surface area contributed by atoms with Gasteiger partial charge in [0.15, 0.2) is 5.79 Å². The molecule has 1 unspecified atom stereocenters. The van der Waals surface area contributed by atoms with E-state index in [1.54, 1.807) is 0 Å². The summed E-state index contributed by atoms with van der Waals surface area (Å²) >= 11 is 0. The second-order valence-corrected chi connectivity index (χ2v) is 14.9. The van der Waals surface area contributed by atoms with Gasteiger partial charge in [-0.25, -0.2) is 0 Å². The van der Waals surface area contributed by atoms with E-state index >= 15 is 0 Å². The fraction of sp³-hybridized carbons (Fsp3) is 0.814. The summed E-state index contributed by atoms with van der Waals surface area (Å²) < 4.78 is 13.3. The molecule has 2 aliphatic heterocycles. The molecule has 2 rings (SSSR count). The Balaban J connectivity index is 1.76. The normalized spacial score (nSPS) is 27.5. The molecule has 4 heteroatoms. The van der Waals surface area contributed by atoms with Crippen LogP contribution in [0.25, 0.3) is 0 Å². The number of rotatable bonds is 3. The van der Waals surface area contributed by atoms with Crippen LogP contribution in [0.2, 0.25) is 0 Å². The molecular weight excluding hydrogens is 576 g/mol. The summed E-state index contributed by atoms with van der Waals surface area (Å²) in [7, 11) is 6.62. The van der Waals surface area contributed by atoms with Crippen molar-refractivity contribution in [2.75, 3.05) is 47.4 Å². The molecular formula is C43H78N2O2. The minimum Gasteiger partial charge on any atom is -0.350 e. The predicted octanol–water partition coefficient (Wildman–Crippen LogP) is 12.0. The van der Waals surface area contributed by atoms with E-state index in [0.29, 0.717) is 6.10 Å². The van der Waals surface area contributed by atoms with E-state index in [-0.39, 0.29) is 5.79 Å². The SMILES string of the molecule is CN(C)CCC1CCOC2(CCCCCCCC/C=C\C/C=C\CCCCN(C)CCCC/C=C\C/C=C\CCCCCCCC2)O1. The lowest BCUT2D eigenvalue weighted by atomic mass is 9.97. The molecule has 272 valence electrons. The van der Waals surface area contributed by atoms with Crippen LogP contribution in [0.1, 0.15) is 167 Å². The fourth-order valence-corrected chi connectivity index (χ4v) is 6.91. The van der Waals surface area contributed by atoms with Crippen molar-refractivity contribution in [3.8, 4) is 0 Å². The standard InChI is InChI=1S/C43H78N2O2/c1-44(2)40-34-42-35-41-46-43(47-42)36-30-26-22-18-14-10-6-4-8-12-16-20-24-28-32-38-45(3)39-33-29-25-21-17-13-9-5-7-11-15-19-23-27-31-37-43/h4-5,8-9,16-17,20-21,42H,6-7,10-15,18-19,22-41H2,1-3H3/b8-4-,9-5-,20-16-,21-17-. The van der Waals surface area contributed by atoms with Crippen molar-refractivity contribution in [2.45, 2.75) is 179 Å². The van der Waals surface area contributed by atoms with E-state index in [1.807, 2.05) is 0 Å². The number of ether oxygens (including phenoxy) is 2. The Labute approximate surface area is 293 Å². The van der Waals surface area contributed by atoms with Crippen LogP contribution in [0.3, 0.4) is 0 Å². The first-order chi connectivity index (χ1) is 23.1. The Morgan fingerprint density at radius 3 is 1.47 bits per heavy atom. The van der Waals surface area contributed by atoms with Crippen molar-refractivity contribution in [1.82, 2.24) is 9.80 Å². The molecule has 0 N–H and O–H groups in total. The van der Waals surface area contributed by atoms with E-state index < -0.39 is 0 Å². The Bertz CT molecular complexity index is 767. The largest absolute Gasteiger partial charge is 0.350 e. The van der Waals surface area contributed by atoms with E-state index in [1.165, 1.54) is 142 Å². The molecule has 47 heavy (non-hydrogen) atoms. The summed E-state index contributed by atoms with van der Waals surface area (Å²) in [5.74, 6) is -0.333. The fourth-order valence-electron chi connectivity index (χ4n) is 6.91. The summed E-state index contributed by atoms with van der Waals surface area (Å²) in [5.41, 5.74) is 0. The molecule has 2 aliphatic rings. The molecule has 1 saturated heterocycles. The average molecular weight is 655 g/mol. The highest BCUT2D eigenvalue weighted by Crippen LogP contribution is 2.35. The third-order valence-corrected chi connectivity index (χ3v) is 9.97. The third kappa shape index (κ3) is 24.6. The molecule has 0 aromatic heterocycles. The van der Waals surface area contributed by atoms with E-state index in [4.69, 9.17) is 9.47 Å². The highest BCUT2D eigenvalue weighted by Gasteiger charge is 2.37. The Kier molecular flexibility index (Phi) is 26.5. The molecule has 2 heterocycles. The van der Waals surface area contributed by atoms with Gasteiger partial charge in [0.25, 0.3) is 0 Å². The molecule has 1 atom stereocenters. The second kappa shape index (κ2) is 29.7. The number of hydrogen-bond donors (Lipinski definition) is 0. The molecule has 0 aromatic carbocycles. The summed E-state index contributed by atoms with van der Waals surface area (Å²) in [6.45, 7) is 4.42. The van der Waals surface area contributed by atoms with Crippen LogP contribution in [0.5, 0.6) is 0 Å². The molecule has 0 amide bonds. The van der Waals surface area contributed by atoms with E-state index in [9.17, 15) is 0 Å². The topological polar surface area (TPSA) is 24.9 Å². The maximum absolute atomic E-state index is 6.80. The highest BCUT2D eigenvalue weighted by atomic mass is 16.7. The minimum atomic E-state index is -0.333. The average Bonchev–Trinajstić information content (AvgIpc) is 3.06. The molecule has 0 saturated carbocycles. The first kappa shape index (κ1) is 42.0. The van der Waals surface area contributed by atoms with Crippen LogP contribution >= 0.6 is 0 Å². The summed E-state index contributed by atoms with van der Waals surface area (Å²) in [5, 5.41) is 0. The summed E-state index contributed by atoms with van der Waals surface area (Å²) in [6.07, 6.45) is 51.8. The zero-order valence-electron chi connectivity index (χ0n) is 31.6. The smallest absolute Gasteiger partial charge is 0.168 e. The number of hydrogen-bond acceptors (Lipinski definition) is 4. The van der Waals surface area contributed by atoms with Crippen molar-refractivity contribution < 1.29 is 9.47 Å². The van der Waals surface area contributed by atoms with Crippen LogP contribution in [0.15, 0.2) is 48.6 Å². The van der Waals surface area contributed by atoms with Gasteiger partial charge in [0.2, 0.25) is 0 Å². The Morgan fingerprint density at radius 1 is 0.574 bits per heavy atom. The third-order valence-electron chi connectivity index (χ3n) is 9.97. The molecule has 0 radical (unpaired) electrons. The van der Waals surface area contributed by atoms with Crippen molar-refractivity contribution in [3.63, 3.8) is 0 Å². The molecule has 0 aromatic rings. The lowest BCUT2D eigenvalue weighted by Crippen LogP contribution is -2.45. The maximum Gasteiger partial charge on any atom is 0.168 e. The predicted molar refractivity (Wildman–Crippen MR) is 206 cm³/mol. The van der Waals surface area contributed by atoms with E-state index in [0.717, 1.165) is 51.7 Å². The van der Waals surface area contributed by atoms with Crippen LogP contribution in [0.4, 0.5) is 0 Å². The zero-order chi connectivity index (χ0) is 33.5. The zero-order valence-corrected chi connectivity index (χ0v) is 31.6. The minimum absolute atomic E-state index is 0.333. The first-order valence-electron chi connectivity index (χ1n) is 20.3. The van der Waals surface area contributed by atoms with Gasteiger partial charge in [0, 0.05) is 12.8 Å². The van der Waals surface area contributed by atoms with Crippen molar-refractivity contribution in [2.24, 2.45) is 0 Å². The lowest BCUT2D eigenvalue weighted by molar-refractivity contribution is -0.301. The van der Waals surface area contributed by atoms with Gasteiger partial charge in [0.1, 0.15) is 0 Å². The Hall–Kier alpha value is -1.20. The quantitative estimate of drug-likeness (QED) is 0.283. The van der Waals surface area contributed by atoms with Crippen LogP contribution in [-0.2, 0) is 9.47 Å². The number of nitrogens with zero attached hydrogens (tertiary/aromatic N) is 2. The van der Waals surface area contributed by atoms with Gasteiger partial charge in [-0.05, 0) is 144 Å². The van der Waals surface area contributed by atoms with Gasteiger partial charge in [-0.1, -0.05) is 100.0 Å². The van der Waals surface area contributed by atoms with Crippen LogP contribution < -0.4 is 0 Å². The molecule has 0 bridgehead atoms. The van der Waals surface area contributed by atoms with Crippen LogP contribution in [-0.4, -0.2) is 69.1 Å². The van der Waals surface area contributed by atoms with Gasteiger partial charge in [0.05, 0.1) is 12.7 Å². The van der Waals surface area contributed by atoms with Gasteiger partial charge < -0.3 is 19.3 Å². The van der Waals surface area contributed by atoms with Crippen LogP contribution in [0, 0.1) is 0 Å². The monoisotopic (exact) mass is 655 g/mol. The van der Waals surface area contributed by atoms with Crippen molar-refractivity contribution in [1.29, 1.82) is 0 Å². The molecule has 1 fully saturated rings. The van der Waals surface area contributed by atoms with Crippen molar-refractivity contribution >= 4 is 0 Å². The van der Waals surface area contributed by atoms with Gasteiger partial charge >= 0.3 is 0 Å². The first-order valence-corrected chi connectivity index (χ1v) is 20.3. The summed E-state index contributed by atoms with van der Waals surface area (Å²) in [6, 6.07) is 0. The van der Waals surface area contributed by atoms with Gasteiger partial charge in [-0.2, -0.15) is 0 Å². The molecule has 1 spiro atoms. The maximum atomic E-state index is 6.80.